The van der Waals surface area contributed by atoms with Gasteiger partial charge < -0.3 is 0 Å². The highest BCUT2D eigenvalue weighted by molar-refractivity contribution is 7.89. The van der Waals surface area contributed by atoms with Gasteiger partial charge in [0.05, 0.1) is 16.6 Å². The van der Waals surface area contributed by atoms with Crippen molar-refractivity contribution in [2.75, 3.05) is 5.01 Å². The smallest absolute Gasteiger partial charge is 0.257 e. The molecule has 2 N–H and O–H groups in total. The lowest BCUT2D eigenvalue weighted by molar-refractivity contribution is -0.0600. The average molecular weight is 397 g/mol. The molecule has 0 saturated carbocycles. The molecule has 0 bridgehead atoms. The molecule has 9 heteroatoms. The van der Waals surface area contributed by atoms with E-state index in [4.69, 9.17) is 5.14 Å². The number of rotatable bonds is 3. The fraction of sp³-hybridized carbons (Fsp3) is 0.278. The number of hydrazone groups is 1. The molecule has 27 heavy (non-hydrogen) atoms. The summed E-state index contributed by atoms with van der Waals surface area (Å²) in [4.78, 5) is -0.117. The minimum absolute atomic E-state index is 0.117. The van der Waals surface area contributed by atoms with Gasteiger partial charge in [0.1, 0.15) is 5.71 Å². The second-order valence-corrected chi connectivity index (χ2v) is 8.05. The van der Waals surface area contributed by atoms with Crippen LogP contribution >= 0.6 is 0 Å². The van der Waals surface area contributed by atoms with Crippen LogP contribution in [0.15, 0.2) is 52.5 Å². The van der Waals surface area contributed by atoms with E-state index in [9.17, 15) is 21.6 Å². The minimum atomic E-state index is -4.53. The van der Waals surface area contributed by atoms with Crippen molar-refractivity contribution in [3.63, 3.8) is 0 Å². The molecule has 1 aliphatic rings. The van der Waals surface area contributed by atoms with E-state index in [1.165, 1.54) is 29.3 Å². The van der Waals surface area contributed by atoms with Crippen molar-refractivity contribution in [2.45, 2.75) is 37.4 Å². The van der Waals surface area contributed by atoms with Crippen molar-refractivity contribution >= 4 is 21.4 Å². The number of anilines is 1. The Balaban J connectivity index is 2.04. The molecule has 1 atom stereocenters. The van der Waals surface area contributed by atoms with Crippen molar-refractivity contribution in [2.24, 2.45) is 10.2 Å². The number of benzene rings is 2. The summed E-state index contributed by atoms with van der Waals surface area (Å²) in [5.74, 6) is 0. The monoisotopic (exact) mass is 397 g/mol. The number of halogens is 3. The van der Waals surface area contributed by atoms with E-state index in [1.807, 2.05) is 26.0 Å². The van der Waals surface area contributed by atoms with Gasteiger partial charge in [-0.15, -0.1) is 0 Å². The Morgan fingerprint density at radius 2 is 1.70 bits per heavy atom. The molecule has 1 heterocycles. The Bertz CT molecular complexity index is 1000. The molecule has 5 nitrogen and oxygen atoms in total. The summed E-state index contributed by atoms with van der Waals surface area (Å²) < 4.78 is 62.5. The van der Waals surface area contributed by atoms with E-state index in [0.717, 1.165) is 11.1 Å². The van der Waals surface area contributed by atoms with Crippen molar-refractivity contribution in [3.05, 3.63) is 59.2 Å². The predicted molar refractivity (Wildman–Crippen MR) is 97.1 cm³/mol. The highest BCUT2D eigenvalue weighted by atomic mass is 32.2. The van der Waals surface area contributed by atoms with Gasteiger partial charge in [0.25, 0.3) is 0 Å². The maximum absolute atomic E-state index is 13.2. The molecule has 3 rings (SSSR count). The average Bonchev–Trinajstić information content (AvgIpc) is 3.02. The molecule has 1 aliphatic heterocycles. The van der Waals surface area contributed by atoms with Gasteiger partial charge in [-0.3, -0.25) is 5.01 Å². The van der Waals surface area contributed by atoms with E-state index in [0.29, 0.717) is 11.3 Å². The van der Waals surface area contributed by atoms with Gasteiger partial charge in [-0.25, -0.2) is 13.6 Å². The number of aryl methyl sites for hydroxylation is 2. The van der Waals surface area contributed by atoms with Crippen molar-refractivity contribution in [1.29, 1.82) is 0 Å². The molecule has 2 aromatic carbocycles. The molecule has 144 valence electrons. The molecule has 0 saturated heterocycles. The summed E-state index contributed by atoms with van der Waals surface area (Å²) in [5.41, 5.74) is 2.19. The van der Waals surface area contributed by atoms with Crippen LogP contribution in [-0.4, -0.2) is 20.3 Å². The van der Waals surface area contributed by atoms with Crippen molar-refractivity contribution < 1.29 is 21.6 Å². The first-order chi connectivity index (χ1) is 12.5. The van der Waals surface area contributed by atoms with Gasteiger partial charge in [-0.05, 0) is 54.8 Å². The number of alkyl halides is 3. The predicted octanol–water partition coefficient (Wildman–Crippen LogP) is 3.82. The topological polar surface area (TPSA) is 75.8 Å². The first-order valence-corrected chi connectivity index (χ1v) is 9.65. The van der Waals surface area contributed by atoms with Gasteiger partial charge in [0.2, 0.25) is 10.0 Å². The number of primary sulfonamides is 1. The van der Waals surface area contributed by atoms with Gasteiger partial charge in [-0.1, -0.05) is 18.2 Å². The van der Waals surface area contributed by atoms with Crippen LogP contribution in [0.3, 0.4) is 0 Å². The molecule has 0 amide bonds. The van der Waals surface area contributed by atoms with Gasteiger partial charge in [0.15, 0.2) is 0 Å². The molecular formula is C18H18F3N3O2S. The van der Waals surface area contributed by atoms with E-state index >= 15 is 0 Å². The molecule has 0 fully saturated rings. The van der Waals surface area contributed by atoms with Gasteiger partial charge in [-0.2, -0.15) is 18.3 Å². The molecule has 0 aromatic heterocycles. The zero-order valence-corrected chi connectivity index (χ0v) is 15.5. The third kappa shape index (κ3) is 3.98. The maximum Gasteiger partial charge on any atom is 0.431 e. The maximum atomic E-state index is 13.2. The summed E-state index contributed by atoms with van der Waals surface area (Å²) >= 11 is 0. The van der Waals surface area contributed by atoms with Crippen LogP contribution in [0, 0.1) is 13.8 Å². The first kappa shape index (κ1) is 19.4. The molecule has 0 aliphatic carbocycles. The number of nitrogens with zero attached hydrogens (tertiary/aromatic N) is 2. The summed E-state index contributed by atoms with van der Waals surface area (Å²) in [7, 11) is -3.89. The highest BCUT2D eigenvalue weighted by Crippen LogP contribution is 2.39. The van der Waals surface area contributed by atoms with Crippen LogP contribution in [0.1, 0.15) is 29.2 Å². The van der Waals surface area contributed by atoms with Crippen LogP contribution in [0.25, 0.3) is 0 Å². The lowest BCUT2D eigenvalue weighted by Gasteiger charge is -2.24. The Morgan fingerprint density at radius 1 is 1.07 bits per heavy atom. The molecule has 1 unspecified atom stereocenters. The lowest BCUT2D eigenvalue weighted by Crippen LogP contribution is -2.21. The van der Waals surface area contributed by atoms with Crippen LogP contribution in [0.2, 0.25) is 0 Å². The van der Waals surface area contributed by atoms with Crippen LogP contribution < -0.4 is 10.1 Å². The number of sulfonamides is 1. The Labute approximate surface area is 155 Å². The van der Waals surface area contributed by atoms with Crippen LogP contribution in [-0.2, 0) is 10.0 Å². The largest absolute Gasteiger partial charge is 0.431 e. The summed E-state index contributed by atoms with van der Waals surface area (Å²) in [6.45, 7) is 3.82. The summed E-state index contributed by atoms with van der Waals surface area (Å²) in [6, 6.07) is 10.2. The fourth-order valence-electron chi connectivity index (χ4n) is 2.94. The van der Waals surface area contributed by atoms with E-state index in [2.05, 4.69) is 5.10 Å². The number of hydrogen-bond acceptors (Lipinski definition) is 4. The van der Waals surface area contributed by atoms with E-state index < -0.39 is 28.0 Å². The van der Waals surface area contributed by atoms with Crippen molar-refractivity contribution in [1.82, 2.24) is 0 Å². The normalized spacial score (nSPS) is 17.9. The molecule has 0 radical (unpaired) electrons. The van der Waals surface area contributed by atoms with E-state index in [-0.39, 0.29) is 11.3 Å². The Morgan fingerprint density at radius 3 is 2.22 bits per heavy atom. The summed E-state index contributed by atoms with van der Waals surface area (Å²) in [5, 5.41) is 10.1. The highest BCUT2D eigenvalue weighted by Gasteiger charge is 2.43. The molecular weight excluding hydrogens is 379 g/mol. The summed E-state index contributed by atoms with van der Waals surface area (Å²) in [6.07, 6.45) is -4.82. The lowest BCUT2D eigenvalue weighted by atomic mass is 9.97. The van der Waals surface area contributed by atoms with Crippen LogP contribution in [0.5, 0.6) is 0 Å². The van der Waals surface area contributed by atoms with Crippen molar-refractivity contribution in [3.8, 4) is 0 Å². The number of nitrogens with two attached hydrogens (primary N) is 1. The van der Waals surface area contributed by atoms with E-state index in [1.54, 1.807) is 6.07 Å². The fourth-order valence-corrected chi connectivity index (χ4v) is 3.46. The second-order valence-electron chi connectivity index (χ2n) is 6.49. The molecule has 0 spiro atoms. The Kier molecular flexibility index (Phi) is 4.77. The van der Waals surface area contributed by atoms with Crippen LogP contribution in [0.4, 0.5) is 18.9 Å². The third-order valence-electron chi connectivity index (χ3n) is 4.58. The van der Waals surface area contributed by atoms with Gasteiger partial charge in [0, 0.05) is 6.42 Å². The molecule has 2 aromatic rings. The zero-order chi connectivity index (χ0) is 20.0. The Hall–Kier alpha value is -2.39. The zero-order valence-electron chi connectivity index (χ0n) is 14.7. The SMILES string of the molecule is Cc1ccc(C2CC(C(F)(F)F)=NN2c2ccc(S(N)(=O)=O)cc2)cc1C. The second kappa shape index (κ2) is 6.65. The quantitative estimate of drug-likeness (QED) is 0.856. The van der Waals surface area contributed by atoms with Gasteiger partial charge >= 0.3 is 6.18 Å². The standard InChI is InChI=1S/C18H18F3N3O2S/c1-11-3-4-13(9-12(11)2)16-10-17(18(19,20)21)23-24(16)14-5-7-15(8-6-14)27(22,25)26/h3-9,16H,10H2,1-2H3,(H2,22,25,26). The minimum Gasteiger partial charge on any atom is -0.257 e. The third-order valence-corrected chi connectivity index (χ3v) is 5.51. The number of hydrogen-bond donors (Lipinski definition) is 1. The first-order valence-electron chi connectivity index (χ1n) is 8.11.